The van der Waals surface area contributed by atoms with Gasteiger partial charge in [0.15, 0.2) is 0 Å². The average molecular weight is 556 g/mol. The fourth-order valence-electron chi connectivity index (χ4n) is 4.87. The van der Waals surface area contributed by atoms with Crippen LogP contribution in [-0.2, 0) is 11.0 Å². The number of carbonyl (C=O) groups excluding carboxylic acids is 1. The minimum atomic E-state index is -4.84. The van der Waals surface area contributed by atoms with Crippen molar-refractivity contribution in [3.63, 3.8) is 0 Å². The first-order chi connectivity index (χ1) is 17.6. The number of halogens is 4. The van der Waals surface area contributed by atoms with Crippen molar-refractivity contribution in [2.45, 2.75) is 38.9 Å². The lowest BCUT2D eigenvalue weighted by molar-refractivity contribution is -0.388. The summed E-state index contributed by atoms with van der Waals surface area (Å²) in [5.41, 5.74) is -0.994. The van der Waals surface area contributed by atoms with E-state index in [0.29, 0.717) is 37.5 Å². The molecule has 1 atom stereocenters. The number of alkyl halides is 3. The molecule has 38 heavy (non-hydrogen) atoms. The molecule has 0 unspecified atom stereocenters. The molecule has 12 heteroatoms. The van der Waals surface area contributed by atoms with Gasteiger partial charge in [0.25, 0.3) is 5.69 Å². The summed E-state index contributed by atoms with van der Waals surface area (Å²) in [5.74, 6) is 0.0165. The lowest BCUT2D eigenvalue weighted by atomic mass is 10.1. The number of nitrogens with zero attached hydrogens (tertiary/aromatic N) is 4. The highest BCUT2D eigenvalue weighted by Gasteiger charge is 2.38. The second-order valence-corrected chi connectivity index (χ2v) is 9.80. The second-order valence-electron chi connectivity index (χ2n) is 9.37. The topological polar surface area (TPSA) is 82.0 Å². The Hall–Kier alpha value is -3.05. The predicted octanol–water partition coefficient (Wildman–Crippen LogP) is 5.52. The number of nitro benzene ring substituents is 1. The van der Waals surface area contributed by atoms with Crippen LogP contribution in [0.1, 0.15) is 32.3 Å². The molecule has 2 aliphatic heterocycles. The Morgan fingerprint density at radius 3 is 2.50 bits per heavy atom. The minimum absolute atomic E-state index is 0. The molecule has 0 bridgehead atoms. The van der Waals surface area contributed by atoms with Gasteiger partial charge in [-0.15, -0.1) is 0 Å². The van der Waals surface area contributed by atoms with Crippen LogP contribution in [0.4, 0.5) is 30.2 Å². The van der Waals surface area contributed by atoms with Gasteiger partial charge >= 0.3 is 6.18 Å². The van der Waals surface area contributed by atoms with Gasteiger partial charge in [-0.1, -0.05) is 19.0 Å². The highest BCUT2D eigenvalue weighted by atomic mass is 35.5. The van der Waals surface area contributed by atoms with E-state index in [2.05, 4.69) is 15.1 Å². The number of carbonyl (C=O) groups is 1. The molecule has 0 aromatic heterocycles. The van der Waals surface area contributed by atoms with E-state index in [9.17, 15) is 28.1 Å². The van der Waals surface area contributed by atoms with Gasteiger partial charge in [0.1, 0.15) is 5.56 Å². The highest BCUT2D eigenvalue weighted by molar-refractivity contribution is 6.30. The van der Waals surface area contributed by atoms with Gasteiger partial charge < -0.3 is 20.0 Å². The van der Waals surface area contributed by atoms with Crippen LogP contribution in [0.2, 0.25) is 5.02 Å². The van der Waals surface area contributed by atoms with Crippen molar-refractivity contribution in [1.82, 2.24) is 9.80 Å². The van der Waals surface area contributed by atoms with Gasteiger partial charge in [-0.05, 0) is 55.8 Å². The number of amides is 1. The lowest BCUT2D eigenvalue weighted by Crippen LogP contribution is -2.36. The monoisotopic (exact) mass is 555 g/mol. The summed E-state index contributed by atoms with van der Waals surface area (Å²) in [6, 6.07) is 10.5. The quantitative estimate of drug-likeness (QED) is 0.358. The zero-order chi connectivity index (χ0) is 26.6. The van der Waals surface area contributed by atoms with Crippen molar-refractivity contribution in [3.05, 3.63) is 63.2 Å². The molecule has 1 amide bonds. The molecule has 0 radical (unpaired) electrons. The first-order valence-corrected chi connectivity index (χ1v) is 12.6. The molecule has 2 heterocycles. The molecule has 2 saturated heterocycles. The number of benzene rings is 2. The second kappa shape index (κ2) is 12.7. The Labute approximate surface area is 225 Å². The summed E-state index contributed by atoms with van der Waals surface area (Å²) in [6.07, 6.45) is -2.88. The molecule has 4 rings (SSSR count). The molecule has 0 saturated carbocycles. The molecule has 0 spiro atoms. The predicted molar refractivity (Wildman–Crippen MR) is 143 cm³/mol. The van der Waals surface area contributed by atoms with Crippen molar-refractivity contribution in [2.24, 2.45) is 0 Å². The van der Waals surface area contributed by atoms with Crippen LogP contribution in [0.15, 0.2) is 42.5 Å². The molecule has 2 aliphatic rings. The number of hydrogen-bond donors (Lipinski definition) is 1. The van der Waals surface area contributed by atoms with E-state index in [1.807, 2.05) is 24.3 Å². The van der Waals surface area contributed by atoms with Crippen molar-refractivity contribution >= 4 is 34.6 Å². The fourth-order valence-corrected chi connectivity index (χ4v) is 4.99. The van der Waals surface area contributed by atoms with Crippen LogP contribution in [0.3, 0.4) is 0 Å². The number of likely N-dealkylation sites (tertiary alicyclic amines) is 1. The summed E-state index contributed by atoms with van der Waals surface area (Å²) in [5, 5.41) is 14.7. The molecule has 2 aromatic carbocycles. The van der Waals surface area contributed by atoms with Crippen LogP contribution < -0.4 is 10.2 Å². The van der Waals surface area contributed by atoms with Gasteiger partial charge in [0.05, 0.1) is 4.92 Å². The zero-order valence-electron chi connectivity index (χ0n) is 20.2. The van der Waals surface area contributed by atoms with Gasteiger partial charge in [0.2, 0.25) is 5.91 Å². The van der Waals surface area contributed by atoms with Crippen LogP contribution >= 0.6 is 11.6 Å². The molecule has 0 aliphatic carbocycles. The molecular formula is C26H33ClF3N5O3. The van der Waals surface area contributed by atoms with Crippen LogP contribution in [0.25, 0.3) is 0 Å². The van der Waals surface area contributed by atoms with Gasteiger partial charge in [0, 0.05) is 74.2 Å². The standard InChI is InChI=1S/C25H29ClF3N5O3.CH4/c26-18-2-5-21(6-3-18)32-11-1-10-31(14-15-32)12-9-24(35)33-13-8-20(17-33)30-19-4-7-23(34(36)37)22(16-19)25(27,28)29;/h2-7,16,20,30H,1,8-15,17H2;1H4/t20-;/m1./s1. The minimum Gasteiger partial charge on any atom is -0.380 e. The third-order valence-electron chi connectivity index (χ3n) is 6.83. The Kier molecular flexibility index (Phi) is 9.83. The zero-order valence-corrected chi connectivity index (χ0v) is 21.0. The van der Waals surface area contributed by atoms with Crippen LogP contribution in [0, 0.1) is 10.1 Å². The number of anilines is 2. The van der Waals surface area contributed by atoms with Crippen molar-refractivity contribution in [3.8, 4) is 0 Å². The Bertz CT molecular complexity index is 1120. The number of rotatable bonds is 7. The molecule has 2 fully saturated rings. The van der Waals surface area contributed by atoms with Gasteiger partial charge in [-0.2, -0.15) is 13.2 Å². The molecule has 1 N–H and O–H groups in total. The van der Waals surface area contributed by atoms with E-state index in [-0.39, 0.29) is 25.1 Å². The van der Waals surface area contributed by atoms with E-state index in [1.165, 1.54) is 6.07 Å². The molecule has 208 valence electrons. The maximum atomic E-state index is 13.3. The van der Waals surface area contributed by atoms with E-state index in [4.69, 9.17) is 11.6 Å². The van der Waals surface area contributed by atoms with Crippen molar-refractivity contribution < 1.29 is 22.9 Å². The number of nitrogens with one attached hydrogen (secondary N) is 1. The highest BCUT2D eigenvalue weighted by Crippen LogP contribution is 2.37. The van der Waals surface area contributed by atoms with Gasteiger partial charge in [-0.3, -0.25) is 14.9 Å². The summed E-state index contributed by atoms with van der Waals surface area (Å²) < 4.78 is 39.8. The van der Waals surface area contributed by atoms with Crippen molar-refractivity contribution in [2.75, 3.05) is 56.0 Å². The van der Waals surface area contributed by atoms with E-state index >= 15 is 0 Å². The average Bonchev–Trinajstić information content (AvgIpc) is 3.19. The molecule has 8 nitrogen and oxygen atoms in total. The Morgan fingerprint density at radius 1 is 1.08 bits per heavy atom. The van der Waals surface area contributed by atoms with Crippen molar-refractivity contribution in [1.29, 1.82) is 0 Å². The maximum absolute atomic E-state index is 13.3. The van der Waals surface area contributed by atoms with E-state index in [0.717, 1.165) is 50.4 Å². The number of nitro groups is 1. The third-order valence-corrected chi connectivity index (χ3v) is 7.08. The summed E-state index contributed by atoms with van der Waals surface area (Å²) >= 11 is 5.99. The first-order valence-electron chi connectivity index (χ1n) is 12.2. The Morgan fingerprint density at radius 2 is 1.82 bits per heavy atom. The summed E-state index contributed by atoms with van der Waals surface area (Å²) in [6.45, 7) is 5.09. The Balaban J connectivity index is 0.00000400. The summed E-state index contributed by atoms with van der Waals surface area (Å²) in [4.78, 5) is 29.1. The fraction of sp³-hybridized carbons (Fsp3) is 0.500. The summed E-state index contributed by atoms with van der Waals surface area (Å²) in [7, 11) is 0. The van der Waals surface area contributed by atoms with E-state index in [1.54, 1.807) is 4.90 Å². The first kappa shape index (κ1) is 29.5. The van der Waals surface area contributed by atoms with Gasteiger partial charge in [-0.25, -0.2) is 0 Å². The third kappa shape index (κ3) is 7.50. The smallest absolute Gasteiger partial charge is 0.380 e. The number of hydrogen-bond acceptors (Lipinski definition) is 6. The normalized spacial score (nSPS) is 18.6. The molecular weight excluding hydrogens is 523 g/mol. The van der Waals surface area contributed by atoms with Crippen LogP contribution in [0.5, 0.6) is 0 Å². The van der Waals surface area contributed by atoms with E-state index < -0.39 is 22.4 Å². The largest absolute Gasteiger partial charge is 0.423 e. The van der Waals surface area contributed by atoms with Crippen LogP contribution in [-0.4, -0.2) is 72.5 Å². The maximum Gasteiger partial charge on any atom is 0.423 e. The SMILES string of the molecule is C.O=C(CCN1CCCN(c2ccc(Cl)cc2)CC1)N1CC[C@@H](Nc2ccc([N+](=O)[O-])c(C(F)(F)F)c2)C1. The molecule has 2 aromatic rings. The lowest BCUT2D eigenvalue weighted by Gasteiger charge is -2.24.